The SMILES string of the molecule is COc1ccccc1NC(=O)[C@H]1CCCN(S(=O)(=O)Cc2ccc(F)cc2)C1. The number of nitrogens with one attached hydrogen (secondary N) is 1. The number of halogens is 1. The summed E-state index contributed by atoms with van der Waals surface area (Å²) in [7, 11) is -2.07. The summed E-state index contributed by atoms with van der Waals surface area (Å²) in [4.78, 5) is 12.7. The average molecular weight is 406 g/mol. The van der Waals surface area contributed by atoms with E-state index in [9.17, 15) is 17.6 Å². The number of benzene rings is 2. The quantitative estimate of drug-likeness (QED) is 0.800. The molecule has 0 aliphatic carbocycles. The van der Waals surface area contributed by atoms with Gasteiger partial charge >= 0.3 is 0 Å². The molecule has 8 heteroatoms. The molecule has 1 heterocycles. The van der Waals surface area contributed by atoms with Gasteiger partial charge < -0.3 is 10.1 Å². The summed E-state index contributed by atoms with van der Waals surface area (Å²) in [5.74, 6) is -0.749. The van der Waals surface area contributed by atoms with Crippen molar-refractivity contribution in [1.29, 1.82) is 0 Å². The first-order valence-corrected chi connectivity index (χ1v) is 10.7. The van der Waals surface area contributed by atoms with E-state index in [-0.39, 0.29) is 18.2 Å². The molecule has 3 rings (SSSR count). The van der Waals surface area contributed by atoms with E-state index in [0.29, 0.717) is 36.4 Å². The van der Waals surface area contributed by atoms with Crippen LogP contribution >= 0.6 is 0 Å². The highest BCUT2D eigenvalue weighted by Gasteiger charge is 2.32. The number of hydrogen-bond acceptors (Lipinski definition) is 4. The van der Waals surface area contributed by atoms with E-state index < -0.39 is 21.8 Å². The van der Waals surface area contributed by atoms with E-state index in [1.54, 1.807) is 24.3 Å². The second-order valence-electron chi connectivity index (χ2n) is 6.77. The lowest BCUT2D eigenvalue weighted by Gasteiger charge is -2.31. The zero-order chi connectivity index (χ0) is 20.1. The number of carbonyl (C=O) groups excluding carboxylic acids is 1. The van der Waals surface area contributed by atoms with Crippen molar-refractivity contribution in [2.24, 2.45) is 5.92 Å². The minimum Gasteiger partial charge on any atom is -0.495 e. The van der Waals surface area contributed by atoms with Crippen LogP contribution in [0.5, 0.6) is 5.75 Å². The Morgan fingerprint density at radius 2 is 1.93 bits per heavy atom. The van der Waals surface area contributed by atoms with Crippen LogP contribution < -0.4 is 10.1 Å². The molecular formula is C20H23FN2O4S. The Labute approximate surface area is 164 Å². The maximum absolute atomic E-state index is 13.0. The highest BCUT2D eigenvalue weighted by Crippen LogP contribution is 2.26. The predicted molar refractivity (Wildman–Crippen MR) is 105 cm³/mol. The van der Waals surface area contributed by atoms with Crippen molar-refractivity contribution >= 4 is 21.6 Å². The van der Waals surface area contributed by atoms with Crippen LogP contribution in [0.25, 0.3) is 0 Å². The minimum absolute atomic E-state index is 0.129. The number of rotatable bonds is 6. The molecule has 0 saturated carbocycles. The van der Waals surface area contributed by atoms with Gasteiger partial charge in [0, 0.05) is 13.1 Å². The summed E-state index contributed by atoms with van der Waals surface area (Å²) < 4.78 is 45.1. The molecule has 1 aliphatic heterocycles. The van der Waals surface area contributed by atoms with Gasteiger partial charge in [-0.3, -0.25) is 4.79 Å². The molecule has 0 aromatic heterocycles. The number of anilines is 1. The van der Waals surface area contributed by atoms with Crippen LogP contribution in [0.15, 0.2) is 48.5 Å². The number of ether oxygens (including phenoxy) is 1. The van der Waals surface area contributed by atoms with Gasteiger partial charge in [-0.1, -0.05) is 24.3 Å². The molecule has 2 aromatic carbocycles. The fraction of sp³-hybridized carbons (Fsp3) is 0.350. The lowest BCUT2D eigenvalue weighted by Crippen LogP contribution is -2.44. The minimum atomic E-state index is -3.60. The summed E-state index contributed by atoms with van der Waals surface area (Å²) in [5.41, 5.74) is 1.07. The standard InChI is InChI=1S/C20H23FN2O4S/c1-27-19-7-3-2-6-18(19)22-20(24)16-5-4-12-23(13-16)28(25,26)14-15-8-10-17(21)11-9-15/h2-3,6-11,16H,4-5,12-14H2,1H3,(H,22,24)/t16-/m0/s1. The normalized spacial score (nSPS) is 17.9. The molecule has 1 N–H and O–H groups in total. The molecule has 1 saturated heterocycles. The van der Waals surface area contributed by atoms with Crippen molar-refractivity contribution < 1.29 is 22.3 Å². The molecule has 2 aromatic rings. The van der Waals surface area contributed by atoms with Crippen molar-refractivity contribution in [2.75, 3.05) is 25.5 Å². The monoisotopic (exact) mass is 406 g/mol. The van der Waals surface area contributed by atoms with Crippen molar-refractivity contribution in [3.05, 3.63) is 59.9 Å². The van der Waals surface area contributed by atoms with E-state index in [1.165, 1.54) is 35.7 Å². The number of piperidine rings is 1. The summed E-state index contributed by atoms with van der Waals surface area (Å²) in [6, 6.07) is 12.5. The van der Waals surface area contributed by atoms with Crippen LogP contribution in [0, 0.1) is 11.7 Å². The maximum Gasteiger partial charge on any atom is 0.228 e. The van der Waals surface area contributed by atoms with E-state index in [0.717, 1.165) is 0 Å². The van der Waals surface area contributed by atoms with Gasteiger partial charge in [0.25, 0.3) is 0 Å². The van der Waals surface area contributed by atoms with Crippen molar-refractivity contribution in [3.63, 3.8) is 0 Å². The Morgan fingerprint density at radius 3 is 2.64 bits per heavy atom. The van der Waals surface area contributed by atoms with Gasteiger partial charge in [0.2, 0.25) is 15.9 Å². The Bertz CT molecular complexity index is 931. The number of sulfonamides is 1. The van der Waals surface area contributed by atoms with Crippen LogP contribution in [0.2, 0.25) is 0 Å². The van der Waals surface area contributed by atoms with E-state index in [2.05, 4.69) is 5.32 Å². The van der Waals surface area contributed by atoms with Gasteiger partial charge in [0.05, 0.1) is 24.5 Å². The van der Waals surface area contributed by atoms with E-state index in [1.807, 2.05) is 0 Å². The molecule has 28 heavy (non-hydrogen) atoms. The number of para-hydroxylation sites is 2. The lowest BCUT2D eigenvalue weighted by atomic mass is 9.98. The fourth-order valence-electron chi connectivity index (χ4n) is 3.27. The highest BCUT2D eigenvalue weighted by molar-refractivity contribution is 7.88. The summed E-state index contributed by atoms with van der Waals surface area (Å²) in [6.07, 6.45) is 1.22. The second-order valence-corrected chi connectivity index (χ2v) is 8.74. The Balaban J connectivity index is 1.67. The molecule has 1 atom stereocenters. The fourth-order valence-corrected chi connectivity index (χ4v) is 4.88. The van der Waals surface area contributed by atoms with Crippen LogP contribution in [0.1, 0.15) is 18.4 Å². The molecule has 6 nitrogen and oxygen atoms in total. The highest BCUT2D eigenvalue weighted by atomic mass is 32.2. The van der Waals surface area contributed by atoms with Crippen molar-refractivity contribution in [3.8, 4) is 5.75 Å². The smallest absolute Gasteiger partial charge is 0.228 e. The first kappa shape index (κ1) is 20.3. The predicted octanol–water partition coefficient (Wildman–Crippen LogP) is 3.01. The van der Waals surface area contributed by atoms with E-state index >= 15 is 0 Å². The number of nitrogens with zero attached hydrogens (tertiary/aromatic N) is 1. The molecule has 1 fully saturated rings. The molecule has 0 radical (unpaired) electrons. The first-order chi connectivity index (χ1) is 13.4. The lowest BCUT2D eigenvalue weighted by molar-refractivity contribution is -0.120. The van der Waals surface area contributed by atoms with Crippen LogP contribution in [0.3, 0.4) is 0 Å². The topological polar surface area (TPSA) is 75.7 Å². The summed E-state index contributed by atoms with van der Waals surface area (Å²) in [6.45, 7) is 0.506. The molecular weight excluding hydrogens is 383 g/mol. The van der Waals surface area contributed by atoms with Crippen molar-refractivity contribution in [1.82, 2.24) is 4.31 Å². The third-order valence-corrected chi connectivity index (χ3v) is 6.59. The Morgan fingerprint density at radius 1 is 1.21 bits per heavy atom. The number of carbonyl (C=O) groups is 1. The van der Waals surface area contributed by atoms with Gasteiger partial charge in [-0.05, 0) is 42.7 Å². The Kier molecular flexibility index (Phi) is 6.31. The number of hydrogen-bond donors (Lipinski definition) is 1. The van der Waals surface area contributed by atoms with Gasteiger partial charge in [0.15, 0.2) is 0 Å². The maximum atomic E-state index is 13.0. The molecule has 150 valence electrons. The van der Waals surface area contributed by atoms with Crippen LogP contribution in [-0.2, 0) is 20.6 Å². The van der Waals surface area contributed by atoms with E-state index in [4.69, 9.17) is 4.74 Å². The summed E-state index contributed by atoms with van der Waals surface area (Å²) >= 11 is 0. The molecule has 0 unspecified atom stereocenters. The van der Waals surface area contributed by atoms with Gasteiger partial charge in [0.1, 0.15) is 11.6 Å². The molecule has 1 aliphatic rings. The van der Waals surface area contributed by atoms with Gasteiger partial charge in [-0.2, -0.15) is 0 Å². The third-order valence-electron chi connectivity index (χ3n) is 4.78. The zero-order valence-corrected chi connectivity index (χ0v) is 16.4. The first-order valence-electron chi connectivity index (χ1n) is 9.05. The summed E-state index contributed by atoms with van der Waals surface area (Å²) in [5, 5.41) is 2.83. The number of amides is 1. The second kappa shape index (κ2) is 8.70. The third kappa shape index (κ3) is 4.88. The molecule has 0 spiro atoms. The van der Waals surface area contributed by atoms with Gasteiger partial charge in [-0.25, -0.2) is 17.1 Å². The molecule has 0 bridgehead atoms. The van der Waals surface area contributed by atoms with Crippen LogP contribution in [0.4, 0.5) is 10.1 Å². The zero-order valence-electron chi connectivity index (χ0n) is 15.6. The van der Waals surface area contributed by atoms with Crippen molar-refractivity contribution in [2.45, 2.75) is 18.6 Å². The number of methoxy groups -OCH3 is 1. The Hall–Kier alpha value is -2.45. The molecule has 1 amide bonds. The van der Waals surface area contributed by atoms with Gasteiger partial charge in [-0.15, -0.1) is 0 Å². The largest absolute Gasteiger partial charge is 0.495 e. The van der Waals surface area contributed by atoms with Crippen LogP contribution in [-0.4, -0.2) is 38.8 Å². The average Bonchev–Trinajstić information content (AvgIpc) is 2.70.